The van der Waals surface area contributed by atoms with Crippen molar-refractivity contribution >= 4 is 0 Å². The summed E-state index contributed by atoms with van der Waals surface area (Å²) in [6.07, 6.45) is 7.21. The zero-order valence-corrected chi connectivity index (χ0v) is 22.0. The minimum Gasteiger partial charge on any atom is -0.396 e. The van der Waals surface area contributed by atoms with Gasteiger partial charge in [0, 0.05) is 59.0 Å². The normalized spacial score (nSPS) is 25.1. The second-order valence-electron chi connectivity index (χ2n) is 10.0. The molecule has 4 aliphatic heterocycles. The highest BCUT2D eigenvalue weighted by Gasteiger charge is 2.19. The van der Waals surface area contributed by atoms with Gasteiger partial charge in [-0.2, -0.15) is 0 Å². The third kappa shape index (κ3) is 18.5. The Balaban J connectivity index is 0.000000244. The molecule has 0 aliphatic carbocycles. The third-order valence-corrected chi connectivity index (χ3v) is 6.93. The number of piperazine rings is 1. The molecule has 0 bridgehead atoms. The first-order valence-corrected chi connectivity index (χ1v) is 13.9. The number of β-amino-alcohol motifs (C(OH)–C–C–N with tert-alkyl or cyclic N) is 2. The molecule has 4 rings (SSSR count). The second kappa shape index (κ2) is 22.8. The molecule has 4 saturated heterocycles. The van der Waals surface area contributed by atoms with E-state index in [2.05, 4.69) is 26.2 Å². The summed E-state index contributed by atoms with van der Waals surface area (Å²) in [6, 6.07) is 0. The fourth-order valence-corrected chi connectivity index (χ4v) is 4.51. The van der Waals surface area contributed by atoms with E-state index in [0.717, 1.165) is 103 Å². The number of aliphatic hydroxyl groups excluding tert-OH is 4. The fourth-order valence-electron chi connectivity index (χ4n) is 4.51. The van der Waals surface area contributed by atoms with Gasteiger partial charge in [-0.05, 0) is 89.5 Å². The highest BCUT2D eigenvalue weighted by atomic mass is 16.3. The molecule has 0 amide bonds. The number of nitrogens with one attached hydrogen (secondary N) is 4. The van der Waals surface area contributed by atoms with Gasteiger partial charge in [0.15, 0.2) is 0 Å². The van der Waals surface area contributed by atoms with Crippen LogP contribution in [0.3, 0.4) is 0 Å². The standard InChI is InChI=1S/C9H20N2O2.C7H15NO.C5H11NO.C4H10N2/c10-5-9(13)6-11-3-1-8(7-12)2-4-11;9-6-3-7-1-4-8-5-2-7;7-5-2-1-3-6-4-5;1-2-6-4-3-5-1/h8-9,12-13H,1-7,10H2;7-9H,1-6H2;5-7H,1-4H2;5-6H,1-4H2. The Morgan fingerprint density at radius 2 is 1.37 bits per heavy atom. The van der Waals surface area contributed by atoms with E-state index >= 15 is 0 Å². The lowest BCUT2D eigenvalue weighted by atomic mass is 9.95. The molecule has 4 aliphatic rings. The molecule has 4 fully saturated rings. The summed E-state index contributed by atoms with van der Waals surface area (Å²) in [5.41, 5.74) is 5.33. The van der Waals surface area contributed by atoms with Gasteiger partial charge in [0.05, 0.1) is 12.2 Å². The highest BCUT2D eigenvalue weighted by molar-refractivity contribution is 4.74. The topological polar surface area (TPSA) is 158 Å². The number of likely N-dealkylation sites (tertiary alicyclic amines) is 1. The van der Waals surface area contributed by atoms with E-state index in [1.165, 1.54) is 12.8 Å². The van der Waals surface area contributed by atoms with Gasteiger partial charge in [0.25, 0.3) is 0 Å². The highest BCUT2D eigenvalue weighted by Crippen LogP contribution is 2.16. The number of aliphatic hydroxyl groups is 4. The Morgan fingerprint density at radius 3 is 1.77 bits per heavy atom. The van der Waals surface area contributed by atoms with Crippen LogP contribution in [-0.4, -0.2) is 129 Å². The molecule has 0 aromatic heterocycles. The van der Waals surface area contributed by atoms with E-state index in [9.17, 15) is 5.11 Å². The van der Waals surface area contributed by atoms with Crippen molar-refractivity contribution in [2.75, 3.05) is 91.8 Å². The molecular weight excluding hydrogens is 448 g/mol. The van der Waals surface area contributed by atoms with Crippen LogP contribution < -0.4 is 27.0 Å². The van der Waals surface area contributed by atoms with Crippen LogP contribution >= 0.6 is 0 Å². The molecule has 10 N–H and O–H groups in total. The van der Waals surface area contributed by atoms with Crippen LogP contribution in [0.2, 0.25) is 0 Å². The van der Waals surface area contributed by atoms with Crippen LogP contribution in [0.5, 0.6) is 0 Å². The Kier molecular flexibility index (Phi) is 21.2. The minimum absolute atomic E-state index is 0.0752. The van der Waals surface area contributed by atoms with E-state index in [0.29, 0.717) is 32.2 Å². The van der Waals surface area contributed by atoms with Gasteiger partial charge >= 0.3 is 0 Å². The monoisotopic (exact) mass is 504 g/mol. The molecule has 0 aromatic rings. The van der Waals surface area contributed by atoms with Crippen molar-refractivity contribution in [2.45, 2.75) is 57.2 Å². The van der Waals surface area contributed by atoms with E-state index in [1.54, 1.807) is 0 Å². The summed E-state index contributed by atoms with van der Waals surface area (Å²) in [4.78, 5) is 2.21. The smallest absolute Gasteiger partial charge is 0.0789 e. The summed E-state index contributed by atoms with van der Waals surface area (Å²) in [5.74, 6) is 1.25. The molecule has 10 heteroatoms. The van der Waals surface area contributed by atoms with Gasteiger partial charge in [0.2, 0.25) is 0 Å². The Hall–Kier alpha value is -0.400. The molecule has 2 unspecified atom stereocenters. The third-order valence-electron chi connectivity index (χ3n) is 6.93. The molecule has 2 atom stereocenters. The van der Waals surface area contributed by atoms with Gasteiger partial charge in [-0.3, -0.25) is 0 Å². The molecule has 0 spiro atoms. The molecule has 0 aromatic carbocycles. The average molecular weight is 505 g/mol. The van der Waals surface area contributed by atoms with Crippen molar-refractivity contribution in [1.29, 1.82) is 0 Å². The average Bonchev–Trinajstić information content (AvgIpc) is 2.92. The van der Waals surface area contributed by atoms with Crippen LogP contribution in [0.15, 0.2) is 0 Å². The molecule has 10 nitrogen and oxygen atoms in total. The van der Waals surface area contributed by atoms with Gasteiger partial charge in [-0.25, -0.2) is 0 Å². The first-order chi connectivity index (χ1) is 17.1. The van der Waals surface area contributed by atoms with Crippen LogP contribution in [0.25, 0.3) is 0 Å². The van der Waals surface area contributed by atoms with Crippen molar-refractivity contribution in [2.24, 2.45) is 17.6 Å². The summed E-state index contributed by atoms with van der Waals surface area (Å²) >= 11 is 0. The van der Waals surface area contributed by atoms with Crippen molar-refractivity contribution in [3.8, 4) is 0 Å². The quantitative estimate of drug-likeness (QED) is 0.204. The van der Waals surface area contributed by atoms with E-state index in [1.807, 2.05) is 0 Å². The van der Waals surface area contributed by atoms with Crippen LogP contribution in [0, 0.1) is 11.8 Å². The SMILES string of the molecule is C1CNCCN1.NCC(O)CN1CCC(CO)CC1.OC1CCCNC1.OCCC1CCNCC1. The van der Waals surface area contributed by atoms with E-state index in [4.69, 9.17) is 21.1 Å². The van der Waals surface area contributed by atoms with Crippen LogP contribution in [0.1, 0.15) is 44.9 Å². The van der Waals surface area contributed by atoms with Gasteiger partial charge in [-0.1, -0.05) is 0 Å². The van der Waals surface area contributed by atoms with Crippen molar-refractivity contribution < 1.29 is 20.4 Å². The maximum absolute atomic E-state index is 9.32. The first kappa shape index (κ1) is 32.6. The Bertz CT molecular complexity index is 427. The molecule has 0 radical (unpaired) electrons. The lowest BCUT2D eigenvalue weighted by Crippen LogP contribution is -2.41. The first-order valence-electron chi connectivity index (χ1n) is 13.9. The van der Waals surface area contributed by atoms with Crippen LogP contribution in [-0.2, 0) is 0 Å². The van der Waals surface area contributed by atoms with Crippen LogP contribution in [0.4, 0.5) is 0 Å². The lowest BCUT2D eigenvalue weighted by Gasteiger charge is -2.32. The zero-order chi connectivity index (χ0) is 25.6. The lowest BCUT2D eigenvalue weighted by molar-refractivity contribution is 0.0802. The van der Waals surface area contributed by atoms with Crippen molar-refractivity contribution in [3.63, 3.8) is 0 Å². The minimum atomic E-state index is -0.398. The Labute approximate surface area is 213 Å². The zero-order valence-electron chi connectivity index (χ0n) is 22.0. The second-order valence-corrected chi connectivity index (χ2v) is 10.0. The van der Waals surface area contributed by atoms with Gasteiger partial charge in [0.1, 0.15) is 0 Å². The number of piperidine rings is 3. The van der Waals surface area contributed by atoms with Crippen molar-refractivity contribution in [3.05, 3.63) is 0 Å². The molecule has 4 heterocycles. The largest absolute Gasteiger partial charge is 0.396 e. The summed E-state index contributed by atoms with van der Waals surface area (Å²) in [7, 11) is 0. The van der Waals surface area contributed by atoms with Crippen molar-refractivity contribution in [1.82, 2.24) is 26.2 Å². The van der Waals surface area contributed by atoms with Gasteiger partial charge in [-0.15, -0.1) is 0 Å². The van der Waals surface area contributed by atoms with Gasteiger partial charge < -0.3 is 52.3 Å². The molecule has 210 valence electrons. The number of nitrogens with two attached hydrogens (primary N) is 1. The number of nitrogens with zero attached hydrogens (tertiary/aromatic N) is 1. The number of hydrogen-bond donors (Lipinski definition) is 9. The summed E-state index contributed by atoms with van der Waals surface area (Å²) < 4.78 is 0. The number of hydrogen-bond acceptors (Lipinski definition) is 10. The summed E-state index contributed by atoms with van der Waals surface area (Å²) in [6.45, 7) is 12.3. The molecular formula is C25H56N6O4. The predicted octanol–water partition coefficient (Wildman–Crippen LogP) is -1.71. The maximum Gasteiger partial charge on any atom is 0.0789 e. The van der Waals surface area contributed by atoms with E-state index in [-0.39, 0.29) is 6.10 Å². The summed E-state index contributed by atoms with van der Waals surface area (Å²) in [5, 5.41) is 48.5. The van der Waals surface area contributed by atoms with E-state index < -0.39 is 6.10 Å². The molecule has 35 heavy (non-hydrogen) atoms. The maximum atomic E-state index is 9.32. The molecule has 0 saturated carbocycles. The predicted molar refractivity (Wildman–Crippen MR) is 142 cm³/mol. The Morgan fingerprint density at radius 1 is 0.771 bits per heavy atom. The number of rotatable bonds is 6. The fraction of sp³-hybridized carbons (Fsp3) is 1.00.